The molecule has 0 radical (unpaired) electrons. The first kappa shape index (κ1) is 47.6. The fraction of sp³-hybridized carbons (Fsp3) is 0.590. The number of alkyl halides is 3. The van der Waals surface area contributed by atoms with Crippen molar-refractivity contribution in [2.24, 2.45) is 0 Å². The van der Waals surface area contributed by atoms with Crippen LogP contribution in [0.3, 0.4) is 0 Å². The second-order valence-electron chi connectivity index (χ2n) is 16.1. The average molecular weight is 891 g/mol. The lowest BCUT2D eigenvalue weighted by atomic mass is 9.85. The van der Waals surface area contributed by atoms with Crippen molar-refractivity contribution in [3.63, 3.8) is 0 Å². The first-order valence-corrected chi connectivity index (χ1v) is 23.0. The molecule has 4 unspecified atom stereocenters. The van der Waals surface area contributed by atoms with Crippen LogP contribution < -0.4 is 20.1 Å². The number of halogens is 4. The number of likely N-dealkylation sites (tertiary alicyclic amines) is 2. The number of amides is 6. The number of urea groups is 2. The van der Waals surface area contributed by atoms with E-state index in [2.05, 4.69) is 15.4 Å². The van der Waals surface area contributed by atoms with Crippen molar-refractivity contribution in [2.75, 3.05) is 37.3 Å². The number of nitrogens with one attached hydrogen (secondary N) is 4. The highest BCUT2D eigenvalue weighted by Crippen LogP contribution is 2.40. The molecule has 59 heavy (non-hydrogen) atoms. The second-order valence-corrected chi connectivity index (χ2v) is 20.5. The van der Waals surface area contributed by atoms with Crippen molar-refractivity contribution in [3.05, 3.63) is 57.6 Å². The number of anilines is 2. The number of para-hydroxylation sites is 1. The van der Waals surface area contributed by atoms with Crippen LogP contribution in [0.1, 0.15) is 126 Å². The Kier molecular flexibility index (Phi) is 15.4. The molecule has 2 saturated heterocycles. The summed E-state index contributed by atoms with van der Waals surface area (Å²) < 4.78 is 96.0. The Morgan fingerprint density at radius 3 is 1.71 bits per heavy atom. The fourth-order valence-electron chi connectivity index (χ4n) is 7.51. The van der Waals surface area contributed by atoms with Gasteiger partial charge in [0.15, 0.2) is 0 Å². The molecule has 2 heterocycles. The molecule has 4 rings (SSSR count). The molecule has 0 aromatic heterocycles. The molecule has 4 atom stereocenters. The Bertz CT molecular complexity index is 2140. The highest BCUT2D eigenvalue weighted by Gasteiger charge is 2.41. The van der Waals surface area contributed by atoms with E-state index in [1.807, 2.05) is 52.3 Å². The minimum atomic E-state index is -4.72. The van der Waals surface area contributed by atoms with E-state index in [-0.39, 0.29) is 55.4 Å². The monoisotopic (exact) mass is 890 g/mol. The van der Waals surface area contributed by atoms with Gasteiger partial charge in [-0.3, -0.25) is 9.59 Å². The molecule has 0 saturated carbocycles. The van der Waals surface area contributed by atoms with Gasteiger partial charge in [0.2, 0.25) is 31.9 Å². The number of carbonyl (C=O) groups is 4. The third-order valence-corrected chi connectivity index (χ3v) is 14.5. The number of sulfonamides is 2. The number of nitrogens with zero attached hydrogens (tertiary/aromatic N) is 2. The first-order valence-electron chi connectivity index (χ1n) is 19.5. The van der Waals surface area contributed by atoms with Crippen LogP contribution >= 0.6 is 11.6 Å². The number of carbonyl (C=O) groups excluding carboxylic acids is 4. The van der Waals surface area contributed by atoms with Gasteiger partial charge in [-0.2, -0.15) is 13.2 Å². The Morgan fingerprint density at radius 2 is 1.20 bits per heavy atom. The molecule has 2 aliphatic rings. The van der Waals surface area contributed by atoms with E-state index in [4.69, 9.17) is 11.6 Å². The normalized spacial score (nSPS) is 19.1. The molecule has 2 fully saturated rings. The quantitative estimate of drug-likeness (QED) is 0.151. The van der Waals surface area contributed by atoms with Crippen molar-refractivity contribution in [2.45, 2.75) is 120 Å². The van der Waals surface area contributed by atoms with Crippen LogP contribution in [0.5, 0.6) is 0 Å². The molecule has 2 aliphatic heterocycles. The zero-order chi connectivity index (χ0) is 44.2. The molecule has 2 aromatic rings. The summed E-state index contributed by atoms with van der Waals surface area (Å²) in [4.78, 5) is 52.4. The largest absolute Gasteiger partial charge is 0.406 e. The van der Waals surface area contributed by atoms with Crippen molar-refractivity contribution >= 4 is 66.9 Å². The predicted molar refractivity (Wildman–Crippen MR) is 221 cm³/mol. The highest BCUT2D eigenvalue weighted by molar-refractivity contribution is 7.91. The summed E-state index contributed by atoms with van der Waals surface area (Å²) in [7, 11) is -7.12. The maximum Gasteiger partial charge on any atom is 0.406 e. The molecule has 0 aliphatic carbocycles. The second kappa shape index (κ2) is 19.1. The van der Waals surface area contributed by atoms with Gasteiger partial charge in [-0.05, 0) is 83.7 Å². The zero-order valence-electron chi connectivity index (χ0n) is 34.2. The van der Waals surface area contributed by atoms with Crippen LogP contribution in [-0.2, 0) is 29.6 Å². The Balaban J connectivity index is 1.52. The molecule has 328 valence electrons. The molecule has 2 aromatic carbocycles. The lowest BCUT2D eigenvalue weighted by molar-refractivity contribution is -0.163. The molecule has 0 spiro atoms. The molecule has 0 bridgehead atoms. The van der Waals surface area contributed by atoms with E-state index in [1.165, 1.54) is 11.9 Å². The van der Waals surface area contributed by atoms with Crippen molar-refractivity contribution < 1.29 is 49.2 Å². The van der Waals surface area contributed by atoms with E-state index in [0.717, 1.165) is 0 Å². The fourth-order valence-corrected chi connectivity index (χ4v) is 10.3. The number of rotatable bonds is 14. The van der Waals surface area contributed by atoms with Gasteiger partial charge in [-0.1, -0.05) is 71.3 Å². The Morgan fingerprint density at radius 1 is 0.746 bits per heavy atom. The minimum absolute atomic E-state index is 0.0436. The van der Waals surface area contributed by atoms with Crippen LogP contribution in [0.25, 0.3) is 0 Å². The molecule has 6 amide bonds. The lowest BCUT2D eigenvalue weighted by Crippen LogP contribution is -2.52. The average Bonchev–Trinajstić information content (AvgIpc) is 3.11. The van der Waals surface area contributed by atoms with E-state index in [9.17, 15) is 49.2 Å². The standard InChI is InChI=1S/C39H54ClF3N6O8S2/c1-22(2)29-9-8-10-30(35(29)44-37(52)47-59(56,57)28-14-16-34(51)49(20-28)21-39(41,42)43)24(5)11-12-25(6)32-18-26(40)17-31(23(3)4)36(32)45-38(53)46-58(54,55)27-13-15-33(50)48(7)19-27/h8-10,17-18,22-25,27-28H,11-16,19-21H2,1-7H3,(H2,44,47,52)(H2,45,46,53). The predicted octanol–water partition coefficient (Wildman–Crippen LogP) is 7.35. The van der Waals surface area contributed by atoms with Crippen LogP contribution in [-0.4, -0.2) is 93.9 Å². The van der Waals surface area contributed by atoms with Crippen LogP contribution in [0, 0.1) is 0 Å². The van der Waals surface area contributed by atoms with Gasteiger partial charge in [0.25, 0.3) is 0 Å². The molecule has 14 nitrogen and oxygen atoms in total. The van der Waals surface area contributed by atoms with Gasteiger partial charge in [0, 0.05) is 49.4 Å². The molecule has 4 N–H and O–H groups in total. The molecule has 20 heteroatoms. The van der Waals surface area contributed by atoms with E-state index < -0.39 is 74.2 Å². The summed E-state index contributed by atoms with van der Waals surface area (Å²) in [5, 5.41) is 3.48. The minimum Gasteiger partial charge on any atom is -0.344 e. The summed E-state index contributed by atoms with van der Waals surface area (Å²) in [5.41, 5.74) is 3.56. The van der Waals surface area contributed by atoms with Crippen molar-refractivity contribution in [1.82, 2.24) is 19.2 Å². The number of hydrogen-bond acceptors (Lipinski definition) is 8. The van der Waals surface area contributed by atoms with E-state index >= 15 is 0 Å². The smallest absolute Gasteiger partial charge is 0.344 e. The number of benzene rings is 2. The number of hydrogen-bond donors (Lipinski definition) is 4. The Labute approximate surface area is 349 Å². The first-order chi connectivity index (χ1) is 27.3. The zero-order valence-corrected chi connectivity index (χ0v) is 36.6. The number of piperidine rings is 2. The maximum absolute atomic E-state index is 13.3. The summed E-state index contributed by atoms with van der Waals surface area (Å²) in [5.74, 6) is -1.69. The van der Waals surface area contributed by atoms with Crippen LogP contribution in [0.15, 0.2) is 30.3 Å². The van der Waals surface area contributed by atoms with Gasteiger partial charge in [0.1, 0.15) is 6.54 Å². The van der Waals surface area contributed by atoms with E-state index in [0.29, 0.717) is 56.4 Å². The summed E-state index contributed by atoms with van der Waals surface area (Å²) >= 11 is 6.58. The van der Waals surface area contributed by atoms with Crippen molar-refractivity contribution in [3.8, 4) is 0 Å². The topological polar surface area (TPSA) is 191 Å². The van der Waals surface area contributed by atoms with Crippen molar-refractivity contribution in [1.29, 1.82) is 0 Å². The highest BCUT2D eigenvalue weighted by atomic mass is 35.5. The lowest BCUT2D eigenvalue weighted by Gasteiger charge is -2.32. The third-order valence-electron chi connectivity index (χ3n) is 10.9. The Hall–Kier alpha value is -4.10. The van der Waals surface area contributed by atoms with Gasteiger partial charge in [-0.15, -0.1) is 0 Å². The summed E-state index contributed by atoms with van der Waals surface area (Å²) in [6, 6.07) is 6.81. The van der Waals surface area contributed by atoms with E-state index in [1.54, 1.807) is 24.3 Å². The molecular formula is C39H54ClF3N6O8S2. The van der Waals surface area contributed by atoms with Gasteiger partial charge in [0.05, 0.1) is 10.5 Å². The van der Waals surface area contributed by atoms with Gasteiger partial charge in [-0.25, -0.2) is 35.9 Å². The molecular weight excluding hydrogens is 837 g/mol. The summed E-state index contributed by atoms with van der Waals surface area (Å²) in [6.45, 7) is 9.14. The SMILES string of the molecule is CC(C)c1cc(Cl)cc(C(C)CCC(C)c2cccc(C(C)C)c2NC(=O)NS(=O)(=O)C2CCC(=O)N(CC(F)(F)F)C2)c1NC(=O)NS(=O)(=O)C1CCC(=O)N(C)C1. The van der Waals surface area contributed by atoms with Crippen LogP contribution in [0.4, 0.5) is 34.1 Å². The van der Waals surface area contributed by atoms with Crippen LogP contribution in [0.2, 0.25) is 5.02 Å². The maximum atomic E-state index is 13.3. The summed E-state index contributed by atoms with van der Waals surface area (Å²) in [6.07, 6.45) is -4.19. The van der Waals surface area contributed by atoms with Gasteiger partial charge >= 0.3 is 18.2 Å². The third kappa shape index (κ3) is 12.5. The van der Waals surface area contributed by atoms with Gasteiger partial charge < -0.3 is 20.4 Å².